The van der Waals surface area contributed by atoms with Gasteiger partial charge in [-0.2, -0.15) is 0 Å². The Labute approximate surface area is 119 Å². The van der Waals surface area contributed by atoms with Gasteiger partial charge in [0.15, 0.2) is 0 Å². The molecule has 1 aromatic carbocycles. The first-order valence-corrected chi connectivity index (χ1v) is 6.89. The van der Waals surface area contributed by atoms with E-state index < -0.39 is 0 Å². The first-order valence-electron chi connectivity index (χ1n) is 6.89. The summed E-state index contributed by atoms with van der Waals surface area (Å²) in [6, 6.07) is 7.57. The number of carbonyl (C=O) groups excluding carboxylic acids is 2. The lowest BCUT2D eigenvalue weighted by Gasteiger charge is -2.34. The smallest absolute Gasteiger partial charge is 0.409 e. The molecule has 1 aromatic rings. The van der Waals surface area contributed by atoms with E-state index in [0.29, 0.717) is 38.3 Å². The molecule has 2 rings (SSSR count). The van der Waals surface area contributed by atoms with E-state index >= 15 is 0 Å². The Kier molecular flexibility index (Phi) is 4.61. The quantitative estimate of drug-likeness (QED) is 0.829. The topological polar surface area (TPSA) is 49.9 Å². The van der Waals surface area contributed by atoms with Crippen LogP contribution in [0.4, 0.5) is 4.79 Å². The van der Waals surface area contributed by atoms with Crippen LogP contribution in [0.15, 0.2) is 24.3 Å². The minimum Gasteiger partial charge on any atom is -0.450 e. The van der Waals surface area contributed by atoms with Gasteiger partial charge in [-0.05, 0) is 26.0 Å². The Balaban J connectivity index is 1.93. The average molecular weight is 276 g/mol. The molecule has 0 aromatic heterocycles. The molecule has 0 unspecified atom stereocenters. The molecule has 0 N–H and O–H groups in total. The minimum absolute atomic E-state index is 0.0252. The minimum atomic E-state index is -0.296. The van der Waals surface area contributed by atoms with Gasteiger partial charge in [-0.3, -0.25) is 4.79 Å². The van der Waals surface area contributed by atoms with Crippen molar-refractivity contribution in [3.05, 3.63) is 35.4 Å². The fourth-order valence-electron chi connectivity index (χ4n) is 2.27. The number of ether oxygens (including phenoxy) is 1. The van der Waals surface area contributed by atoms with Gasteiger partial charge in [0.25, 0.3) is 5.91 Å². The Morgan fingerprint density at radius 2 is 1.80 bits per heavy atom. The molecule has 0 saturated carbocycles. The lowest BCUT2D eigenvalue weighted by Crippen LogP contribution is -2.50. The van der Waals surface area contributed by atoms with Crippen LogP contribution in [-0.4, -0.2) is 54.6 Å². The number of benzene rings is 1. The molecule has 5 heteroatoms. The number of rotatable bonds is 2. The van der Waals surface area contributed by atoms with Crippen LogP contribution < -0.4 is 0 Å². The lowest BCUT2D eigenvalue weighted by molar-refractivity contribution is 0.0570. The fraction of sp³-hybridized carbons (Fsp3) is 0.467. The number of hydrogen-bond acceptors (Lipinski definition) is 3. The third kappa shape index (κ3) is 3.29. The summed E-state index contributed by atoms with van der Waals surface area (Å²) in [4.78, 5) is 27.4. The summed E-state index contributed by atoms with van der Waals surface area (Å²) < 4.78 is 4.96. The van der Waals surface area contributed by atoms with Crippen molar-refractivity contribution in [1.82, 2.24) is 9.80 Å². The third-order valence-electron chi connectivity index (χ3n) is 3.36. The van der Waals surface area contributed by atoms with Crippen LogP contribution in [0.1, 0.15) is 22.8 Å². The van der Waals surface area contributed by atoms with Gasteiger partial charge >= 0.3 is 6.09 Å². The van der Waals surface area contributed by atoms with Gasteiger partial charge in [0.1, 0.15) is 0 Å². The summed E-state index contributed by atoms with van der Waals surface area (Å²) in [6.07, 6.45) is -0.296. The van der Waals surface area contributed by atoms with Crippen molar-refractivity contribution >= 4 is 12.0 Å². The van der Waals surface area contributed by atoms with Gasteiger partial charge in [0, 0.05) is 31.7 Å². The maximum atomic E-state index is 12.3. The summed E-state index contributed by atoms with van der Waals surface area (Å²) in [6.45, 7) is 6.27. The molecule has 0 radical (unpaired) electrons. The molecule has 5 nitrogen and oxygen atoms in total. The predicted molar refractivity (Wildman–Crippen MR) is 75.7 cm³/mol. The maximum Gasteiger partial charge on any atom is 0.409 e. The second-order valence-corrected chi connectivity index (χ2v) is 4.85. The molecule has 1 heterocycles. The normalized spacial score (nSPS) is 15.1. The monoisotopic (exact) mass is 276 g/mol. The molecular formula is C15H20N2O3. The van der Waals surface area contributed by atoms with Gasteiger partial charge in [-0.1, -0.05) is 17.7 Å². The average Bonchev–Trinajstić information content (AvgIpc) is 2.47. The van der Waals surface area contributed by atoms with Crippen molar-refractivity contribution in [2.75, 3.05) is 32.8 Å². The number of amides is 2. The summed E-state index contributed by atoms with van der Waals surface area (Å²) in [5, 5.41) is 0. The first kappa shape index (κ1) is 14.4. The summed E-state index contributed by atoms with van der Waals surface area (Å²) in [7, 11) is 0. The van der Waals surface area contributed by atoms with Gasteiger partial charge < -0.3 is 14.5 Å². The van der Waals surface area contributed by atoms with E-state index in [0.717, 1.165) is 5.56 Å². The molecule has 0 spiro atoms. The van der Waals surface area contributed by atoms with E-state index in [2.05, 4.69) is 0 Å². The lowest BCUT2D eigenvalue weighted by atomic mass is 10.1. The van der Waals surface area contributed by atoms with Crippen LogP contribution in [0.3, 0.4) is 0 Å². The number of aryl methyl sites for hydroxylation is 1. The van der Waals surface area contributed by atoms with Crippen LogP contribution in [0, 0.1) is 6.92 Å². The zero-order valence-corrected chi connectivity index (χ0v) is 12.0. The highest BCUT2D eigenvalue weighted by Gasteiger charge is 2.25. The zero-order chi connectivity index (χ0) is 14.5. The van der Waals surface area contributed by atoms with Crippen LogP contribution >= 0.6 is 0 Å². The number of nitrogens with zero attached hydrogens (tertiary/aromatic N) is 2. The van der Waals surface area contributed by atoms with E-state index in [-0.39, 0.29) is 12.0 Å². The first-order chi connectivity index (χ1) is 9.61. The maximum absolute atomic E-state index is 12.3. The molecule has 1 saturated heterocycles. The molecule has 108 valence electrons. The molecule has 1 aliphatic rings. The highest BCUT2D eigenvalue weighted by atomic mass is 16.6. The molecule has 0 aliphatic carbocycles. The van der Waals surface area contributed by atoms with Gasteiger partial charge in [-0.15, -0.1) is 0 Å². The largest absolute Gasteiger partial charge is 0.450 e. The molecule has 20 heavy (non-hydrogen) atoms. The van der Waals surface area contributed by atoms with Crippen LogP contribution in [-0.2, 0) is 4.74 Å². The second kappa shape index (κ2) is 6.41. The van der Waals surface area contributed by atoms with Gasteiger partial charge in [0.2, 0.25) is 0 Å². The molecule has 1 fully saturated rings. The predicted octanol–water partition coefficient (Wildman–Crippen LogP) is 1.91. The van der Waals surface area contributed by atoms with Crippen molar-refractivity contribution in [1.29, 1.82) is 0 Å². The highest BCUT2D eigenvalue weighted by Crippen LogP contribution is 2.11. The number of hydrogen-bond donors (Lipinski definition) is 0. The molecule has 0 bridgehead atoms. The standard InChI is InChI=1S/C15H20N2O3/c1-3-20-15(19)17-9-7-16(8-10-17)14(18)13-6-4-5-12(2)11-13/h4-6,11H,3,7-10H2,1-2H3. The fourth-order valence-corrected chi connectivity index (χ4v) is 2.27. The second-order valence-electron chi connectivity index (χ2n) is 4.85. The number of piperazine rings is 1. The SMILES string of the molecule is CCOC(=O)N1CCN(C(=O)c2cccc(C)c2)CC1. The number of carbonyl (C=O) groups is 2. The van der Waals surface area contributed by atoms with Crippen molar-refractivity contribution in [3.63, 3.8) is 0 Å². The van der Waals surface area contributed by atoms with Crippen LogP contribution in [0.25, 0.3) is 0 Å². The summed E-state index contributed by atoms with van der Waals surface area (Å²) >= 11 is 0. The van der Waals surface area contributed by atoms with Crippen LogP contribution in [0.2, 0.25) is 0 Å². The Bertz CT molecular complexity index is 494. The summed E-state index contributed by atoms with van der Waals surface area (Å²) in [5.41, 5.74) is 1.77. The van der Waals surface area contributed by atoms with Gasteiger partial charge in [0.05, 0.1) is 6.61 Å². The molecule has 0 atom stereocenters. The van der Waals surface area contributed by atoms with E-state index in [1.807, 2.05) is 31.2 Å². The van der Waals surface area contributed by atoms with Crippen LogP contribution in [0.5, 0.6) is 0 Å². The third-order valence-corrected chi connectivity index (χ3v) is 3.36. The Morgan fingerprint density at radius 1 is 1.15 bits per heavy atom. The highest BCUT2D eigenvalue weighted by molar-refractivity contribution is 5.94. The van der Waals surface area contributed by atoms with E-state index in [1.165, 1.54) is 0 Å². The summed E-state index contributed by atoms with van der Waals surface area (Å²) in [5.74, 6) is 0.0252. The van der Waals surface area contributed by atoms with Crippen molar-refractivity contribution in [3.8, 4) is 0 Å². The van der Waals surface area contributed by atoms with Crippen molar-refractivity contribution in [2.45, 2.75) is 13.8 Å². The van der Waals surface area contributed by atoms with E-state index in [9.17, 15) is 9.59 Å². The van der Waals surface area contributed by atoms with Crippen molar-refractivity contribution < 1.29 is 14.3 Å². The molecule has 2 amide bonds. The zero-order valence-electron chi connectivity index (χ0n) is 12.0. The molecular weight excluding hydrogens is 256 g/mol. The van der Waals surface area contributed by atoms with E-state index in [1.54, 1.807) is 16.7 Å². The Hall–Kier alpha value is -2.04. The Morgan fingerprint density at radius 3 is 2.40 bits per heavy atom. The van der Waals surface area contributed by atoms with E-state index in [4.69, 9.17) is 4.74 Å². The van der Waals surface area contributed by atoms with Crippen molar-refractivity contribution in [2.24, 2.45) is 0 Å². The van der Waals surface area contributed by atoms with Gasteiger partial charge in [-0.25, -0.2) is 4.79 Å². The molecule has 1 aliphatic heterocycles.